The Morgan fingerprint density at radius 3 is 2.81 bits per heavy atom. The monoisotopic (exact) mass is 261 g/mol. The van der Waals surface area contributed by atoms with Crippen LogP contribution >= 0.6 is 11.6 Å². The Balaban J connectivity index is 2.70. The molecule has 1 aromatic rings. The zero-order valence-electron chi connectivity index (χ0n) is 9.03. The van der Waals surface area contributed by atoms with E-state index in [1.807, 2.05) is 6.92 Å². The molecule has 0 aliphatic carbocycles. The first-order valence-corrected chi connectivity index (χ1v) is 6.64. The van der Waals surface area contributed by atoms with Gasteiger partial charge in [-0.15, -0.1) is 0 Å². The lowest BCUT2D eigenvalue weighted by Crippen LogP contribution is -2.28. The number of hydrogen-bond donors (Lipinski definition) is 0. The second-order valence-electron chi connectivity index (χ2n) is 3.72. The van der Waals surface area contributed by atoms with Gasteiger partial charge in [-0.25, -0.2) is 8.42 Å². The summed E-state index contributed by atoms with van der Waals surface area (Å²) in [5.41, 5.74) is 0.806. The minimum absolute atomic E-state index is 0.142. The van der Waals surface area contributed by atoms with Gasteiger partial charge in [0.25, 0.3) is 0 Å². The molecule has 0 spiro atoms. The summed E-state index contributed by atoms with van der Waals surface area (Å²) in [6.45, 7) is 2.50. The van der Waals surface area contributed by atoms with Crippen molar-refractivity contribution in [3.8, 4) is 5.75 Å². The Hall–Kier alpha value is -0.780. The third-order valence-corrected chi connectivity index (χ3v) is 4.86. The molecule has 0 N–H and O–H groups in total. The van der Waals surface area contributed by atoms with E-state index in [4.69, 9.17) is 16.3 Å². The largest absolute Gasteiger partial charge is 0.491 e. The van der Waals surface area contributed by atoms with E-state index in [9.17, 15) is 8.42 Å². The molecule has 0 amide bonds. The van der Waals surface area contributed by atoms with Crippen LogP contribution in [0.1, 0.15) is 5.56 Å². The van der Waals surface area contributed by atoms with Crippen molar-refractivity contribution in [1.82, 2.24) is 4.31 Å². The van der Waals surface area contributed by atoms with Gasteiger partial charge in [0.1, 0.15) is 17.3 Å². The number of hydrogen-bond acceptors (Lipinski definition) is 3. The van der Waals surface area contributed by atoms with Crippen molar-refractivity contribution < 1.29 is 13.2 Å². The van der Waals surface area contributed by atoms with Crippen LogP contribution in [0.25, 0.3) is 0 Å². The van der Waals surface area contributed by atoms with Gasteiger partial charge >= 0.3 is 0 Å². The number of halogens is 1. The molecule has 1 heterocycles. The van der Waals surface area contributed by atoms with Gasteiger partial charge in [0.2, 0.25) is 10.0 Å². The molecule has 0 saturated carbocycles. The Bertz CT molecular complexity index is 527. The van der Waals surface area contributed by atoms with Crippen LogP contribution in [-0.4, -0.2) is 32.9 Å². The van der Waals surface area contributed by atoms with Crippen LogP contribution in [0.15, 0.2) is 17.0 Å². The van der Waals surface area contributed by atoms with E-state index >= 15 is 0 Å². The lowest BCUT2D eigenvalue weighted by Gasteiger charge is -2.13. The molecule has 0 aromatic heterocycles. The zero-order chi connectivity index (χ0) is 11.9. The van der Waals surface area contributed by atoms with Crippen LogP contribution in [0, 0.1) is 6.92 Å². The summed E-state index contributed by atoms with van der Waals surface area (Å²) in [7, 11) is -1.94. The molecule has 6 heteroatoms. The first kappa shape index (κ1) is 11.7. The summed E-state index contributed by atoms with van der Waals surface area (Å²) < 4.78 is 30.8. The van der Waals surface area contributed by atoms with Crippen LogP contribution in [0.2, 0.25) is 5.02 Å². The summed E-state index contributed by atoms with van der Waals surface area (Å²) in [5, 5.41) is 0.432. The van der Waals surface area contributed by atoms with E-state index in [1.165, 1.54) is 17.4 Å². The van der Waals surface area contributed by atoms with Crippen molar-refractivity contribution in [3.63, 3.8) is 0 Å². The summed E-state index contributed by atoms with van der Waals surface area (Å²) in [4.78, 5) is 0.142. The average Bonchev–Trinajstić information content (AvgIpc) is 2.30. The predicted molar refractivity (Wildman–Crippen MR) is 61.5 cm³/mol. The van der Waals surface area contributed by atoms with Crippen LogP contribution in [0.4, 0.5) is 0 Å². The average molecular weight is 262 g/mol. The minimum atomic E-state index is -3.47. The quantitative estimate of drug-likeness (QED) is 0.714. The maximum absolute atomic E-state index is 12.1. The van der Waals surface area contributed by atoms with Crippen molar-refractivity contribution in [3.05, 3.63) is 22.7 Å². The number of likely N-dealkylation sites (N-methyl/N-ethyl adjacent to an activating group) is 1. The fourth-order valence-corrected chi connectivity index (χ4v) is 3.04. The summed E-state index contributed by atoms with van der Waals surface area (Å²) in [6.07, 6.45) is 0. The highest BCUT2D eigenvalue weighted by molar-refractivity contribution is 7.89. The van der Waals surface area contributed by atoms with Crippen LogP contribution in [0.3, 0.4) is 0 Å². The molecule has 16 heavy (non-hydrogen) atoms. The number of sulfonamides is 1. The number of rotatable bonds is 0. The molecule has 0 saturated heterocycles. The van der Waals surface area contributed by atoms with E-state index in [1.54, 1.807) is 6.07 Å². The molecule has 4 nitrogen and oxygen atoms in total. The highest BCUT2D eigenvalue weighted by Crippen LogP contribution is 2.33. The Kier molecular flexibility index (Phi) is 2.86. The van der Waals surface area contributed by atoms with Crippen molar-refractivity contribution in [2.45, 2.75) is 11.8 Å². The lowest BCUT2D eigenvalue weighted by molar-refractivity contribution is 0.293. The number of aryl methyl sites for hydroxylation is 1. The number of fused-ring (bicyclic) bond motifs is 1. The van der Waals surface area contributed by atoms with Crippen LogP contribution in [-0.2, 0) is 10.0 Å². The third-order valence-electron chi connectivity index (χ3n) is 2.58. The second kappa shape index (κ2) is 3.91. The first-order chi connectivity index (χ1) is 7.43. The number of nitrogens with zero attached hydrogens (tertiary/aromatic N) is 1. The molecule has 0 atom stereocenters. The van der Waals surface area contributed by atoms with Gasteiger partial charge in [0.15, 0.2) is 0 Å². The van der Waals surface area contributed by atoms with Gasteiger partial charge in [-0.1, -0.05) is 11.6 Å². The molecule has 1 aromatic carbocycles. The van der Waals surface area contributed by atoms with Crippen LogP contribution < -0.4 is 4.74 Å². The molecule has 0 radical (unpaired) electrons. The fourth-order valence-electron chi connectivity index (χ4n) is 1.52. The highest BCUT2D eigenvalue weighted by Gasteiger charge is 2.28. The van der Waals surface area contributed by atoms with E-state index in [2.05, 4.69) is 0 Å². The summed E-state index contributed by atoms with van der Waals surface area (Å²) in [5.74, 6) is 0.381. The molecule has 0 bridgehead atoms. The molecule has 88 valence electrons. The Morgan fingerprint density at radius 1 is 1.44 bits per heavy atom. The summed E-state index contributed by atoms with van der Waals surface area (Å²) >= 11 is 5.94. The smallest absolute Gasteiger partial charge is 0.246 e. The topological polar surface area (TPSA) is 46.6 Å². The van der Waals surface area contributed by atoms with E-state index < -0.39 is 10.0 Å². The van der Waals surface area contributed by atoms with Crippen molar-refractivity contribution >= 4 is 21.6 Å². The van der Waals surface area contributed by atoms with Crippen molar-refractivity contribution in [2.24, 2.45) is 0 Å². The highest BCUT2D eigenvalue weighted by atomic mass is 35.5. The zero-order valence-corrected chi connectivity index (χ0v) is 10.6. The van der Waals surface area contributed by atoms with Gasteiger partial charge in [0.05, 0.1) is 0 Å². The van der Waals surface area contributed by atoms with Gasteiger partial charge < -0.3 is 4.74 Å². The van der Waals surface area contributed by atoms with Crippen LogP contribution in [0.5, 0.6) is 5.75 Å². The molecular weight excluding hydrogens is 250 g/mol. The summed E-state index contributed by atoms with van der Waals surface area (Å²) in [6, 6.07) is 3.11. The normalized spacial score (nSPS) is 19.7. The third kappa shape index (κ3) is 1.79. The van der Waals surface area contributed by atoms with Gasteiger partial charge in [-0.3, -0.25) is 0 Å². The maximum Gasteiger partial charge on any atom is 0.246 e. The minimum Gasteiger partial charge on any atom is -0.491 e. The van der Waals surface area contributed by atoms with Gasteiger partial charge in [-0.2, -0.15) is 4.31 Å². The maximum atomic E-state index is 12.1. The van der Waals surface area contributed by atoms with Crippen molar-refractivity contribution in [1.29, 1.82) is 0 Å². The second-order valence-corrected chi connectivity index (χ2v) is 6.14. The predicted octanol–water partition coefficient (Wildman–Crippen LogP) is 1.66. The Labute approximate surface area is 99.8 Å². The molecule has 1 aliphatic heterocycles. The standard InChI is InChI=1S/C10H12ClNO3S/c1-7-5-9-10(6-8(7)11)16(13,14)12(2)3-4-15-9/h5-6H,3-4H2,1-2H3. The van der Waals surface area contributed by atoms with E-state index in [-0.39, 0.29) is 4.90 Å². The molecule has 2 rings (SSSR count). The molecule has 1 aliphatic rings. The number of benzene rings is 1. The first-order valence-electron chi connectivity index (χ1n) is 4.82. The SMILES string of the molecule is Cc1cc2c(cc1Cl)S(=O)(=O)N(C)CCO2. The molecule has 0 fully saturated rings. The number of ether oxygens (including phenoxy) is 1. The molecule has 0 unspecified atom stereocenters. The van der Waals surface area contributed by atoms with E-state index in [0.29, 0.717) is 23.9 Å². The fraction of sp³-hybridized carbons (Fsp3) is 0.400. The van der Waals surface area contributed by atoms with E-state index in [0.717, 1.165) is 5.56 Å². The van der Waals surface area contributed by atoms with Gasteiger partial charge in [0, 0.05) is 18.6 Å². The van der Waals surface area contributed by atoms with Gasteiger partial charge in [-0.05, 0) is 24.6 Å². The lowest BCUT2D eigenvalue weighted by atomic mass is 10.2. The molecular formula is C10H12ClNO3S. The Morgan fingerprint density at radius 2 is 2.12 bits per heavy atom. The van der Waals surface area contributed by atoms with Crippen molar-refractivity contribution in [2.75, 3.05) is 20.2 Å².